The number of nitrogens with one attached hydrogen (secondary N) is 1. The van der Waals surface area contributed by atoms with Crippen LogP contribution in [-0.4, -0.2) is 37.1 Å². The van der Waals surface area contributed by atoms with Gasteiger partial charge in [0.25, 0.3) is 5.91 Å². The van der Waals surface area contributed by atoms with Crippen LogP contribution in [-0.2, 0) is 0 Å². The summed E-state index contributed by atoms with van der Waals surface area (Å²) in [5.41, 5.74) is 3.90. The molecular weight excluding hydrogens is 367 g/mol. The summed E-state index contributed by atoms with van der Waals surface area (Å²) in [5.74, 6) is -0.382. The van der Waals surface area contributed by atoms with Crippen molar-refractivity contribution in [3.05, 3.63) is 83.9 Å². The molecule has 29 heavy (non-hydrogen) atoms. The smallest absolute Gasteiger partial charge is 0.257 e. The van der Waals surface area contributed by atoms with Gasteiger partial charge in [0, 0.05) is 38.1 Å². The van der Waals surface area contributed by atoms with Gasteiger partial charge in [0.2, 0.25) is 0 Å². The number of carbonyl (C=O) groups is 1. The zero-order valence-corrected chi connectivity index (χ0v) is 16.3. The number of hydrogen-bond acceptors (Lipinski definition) is 4. The van der Waals surface area contributed by atoms with E-state index in [4.69, 9.17) is 0 Å². The fourth-order valence-corrected chi connectivity index (χ4v) is 3.56. The summed E-state index contributed by atoms with van der Waals surface area (Å²) < 4.78 is 14.0. The van der Waals surface area contributed by atoms with Gasteiger partial charge in [0.05, 0.1) is 23.1 Å². The van der Waals surface area contributed by atoms with Crippen molar-refractivity contribution in [2.45, 2.75) is 6.92 Å². The standard InChI is InChI=1S/C23H23FN4O/c1-17-5-4-6-19(13-17)26-23(29)18-14-20(16-25-15-18)27-9-11-28(12-10-27)22-8-3-2-7-21(22)24/h2-8,13-16H,9-12H2,1H3,(H,26,29). The summed E-state index contributed by atoms with van der Waals surface area (Å²) in [7, 11) is 0. The van der Waals surface area contributed by atoms with E-state index in [1.54, 1.807) is 18.5 Å². The highest BCUT2D eigenvalue weighted by Crippen LogP contribution is 2.23. The Morgan fingerprint density at radius 3 is 2.48 bits per heavy atom. The minimum atomic E-state index is -0.197. The van der Waals surface area contributed by atoms with E-state index < -0.39 is 0 Å². The maximum absolute atomic E-state index is 14.0. The Morgan fingerprint density at radius 1 is 0.966 bits per heavy atom. The number of hydrogen-bond donors (Lipinski definition) is 1. The van der Waals surface area contributed by atoms with Crippen molar-refractivity contribution in [1.82, 2.24) is 4.98 Å². The second-order valence-corrected chi connectivity index (χ2v) is 7.18. The minimum absolute atomic E-state index is 0.185. The van der Waals surface area contributed by atoms with Gasteiger partial charge in [-0.05, 0) is 42.8 Å². The number of rotatable bonds is 4. The number of piperazine rings is 1. The zero-order valence-electron chi connectivity index (χ0n) is 16.3. The zero-order chi connectivity index (χ0) is 20.2. The molecule has 0 aliphatic carbocycles. The molecule has 1 aromatic heterocycles. The van der Waals surface area contributed by atoms with E-state index in [2.05, 4.69) is 15.2 Å². The average Bonchev–Trinajstić information content (AvgIpc) is 2.74. The monoisotopic (exact) mass is 390 g/mol. The first-order valence-corrected chi connectivity index (χ1v) is 9.68. The number of anilines is 3. The molecule has 0 radical (unpaired) electrons. The van der Waals surface area contributed by atoms with Crippen LogP contribution in [0.4, 0.5) is 21.5 Å². The molecule has 0 saturated carbocycles. The molecule has 1 aliphatic heterocycles. The first-order valence-electron chi connectivity index (χ1n) is 9.68. The Labute approximate surface area is 169 Å². The third-order valence-corrected chi connectivity index (χ3v) is 5.10. The van der Waals surface area contributed by atoms with E-state index in [0.717, 1.165) is 30.0 Å². The first-order chi connectivity index (χ1) is 14.1. The van der Waals surface area contributed by atoms with Gasteiger partial charge in [0.1, 0.15) is 5.82 Å². The lowest BCUT2D eigenvalue weighted by atomic mass is 10.2. The number of carbonyl (C=O) groups excluding carboxylic acids is 1. The Hall–Kier alpha value is -3.41. The highest BCUT2D eigenvalue weighted by Gasteiger charge is 2.20. The lowest BCUT2D eigenvalue weighted by Gasteiger charge is -2.37. The van der Waals surface area contributed by atoms with Crippen LogP contribution in [0.15, 0.2) is 67.0 Å². The summed E-state index contributed by atoms with van der Waals surface area (Å²) >= 11 is 0. The van der Waals surface area contributed by atoms with Gasteiger partial charge in [-0.2, -0.15) is 0 Å². The van der Waals surface area contributed by atoms with Crippen LogP contribution in [0.5, 0.6) is 0 Å². The van der Waals surface area contributed by atoms with Crippen molar-refractivity contribution >= 4 is 23.0 Å². The fraction of sp³-hybridized carbons (Fsp3) is 0.217. The molecule has 1 fully saturated rings. The van der Waals surface area contributed by atoms with Crippen LogP contribution >= 0.6 is 0 Å². The van der Waals surface area contributed by atoms with E-state index in [0.29, 0.717) is 24.3 Å². The minimum Gasteiger partial charge on any atom is -0.367 e. The van der Waals surface area contributed by atoms with Gasteiger partial charge < -0.3 is 15.1 Å². The lowest BCUT2D eigenvalue weighted by Crippen LogP contribution is -2.46. The first kappa shape index (κ1) is 18.9. The fourth-order valence-electron chi connectivity index (χ4n) is 3.56. The number of nitrogens with zero attached hydrogens (tertiary/aromatic N) is 3. The van der Waals surface area contributed by atoms with E-state index >= 15 is 0 Å². The number of aromatic nitrogens is 1. The molecule has 0 bridgehead atoms. The van der Waals surface area contributed by atoms with Crippen molar-refractivity contribution in [1.29, 1.82) is 0 Å². The topological polar surface area (TPSA) is 48.5 Å². The highest BCUT2D eigenvalue weighted by molar-refractivity contribution is 6.04. The molecule has 2 aromatic carbocycles. The van der Waals surface area contributed by atoms with Crippen molar-refractivity contribution < 1.29 is 9.18 Å². The maximum atomic E-state index is 14.0. The van der Waals surface area contributed by atoms with Crippen LogP contribution in [0, 0.1) is 12.7 Å². The predicted octanol–water partition coefficient (Wildman–Crippen LogP) is 4.11. The SMILES string of the molecule is Cc1cccc(NC(=O)c2cncc(N3CCN(c4ccccc4F)CC3)c2)c1. The van der Waals surface area contributed by atoms with Crippen molar-refractivity contribution in [3.8, 4) is 0 Å². The van der Waals surface area contributed by atoms with Gasteiger partial charge in [-0.3, -0.25) is 9.78 Å². The summed E-state index contributed by atoms with van der Waals surface area (Å²) in [6, 6.07) is 16.4. The lowest BCUT2D eigenvalue weighted by molar-refractivity contribution is 0.102. The summed E-state index contributed by atoms with van der Waals surface area (Å²) in [5, 5.41) is 2.92. The van der Waals surface area contributed by atoms with E-state index in [-0.39, 0.29) is 11.7 Å². The Balaban J connectivity index is 1.43. The molecule has 3 aromatic rings. The van der Waals surface area contributed by atoms with Gasteiger partial charge in [-0.25, -0.2) is 4.39 Å². The molecule has 2 heterocycles. The molecule has 6 heteroatoms. The van der Waals surface area contributed by atoms with E-state index in [1.165, 1.54) is 6.07 Å². The Morgan fingerprint density at radius 2 is 1.72 bits per heavy atom. The number of para-hydroxylation sites is 1. The third kappa shape index (κ3) is 4.37. The second kappa shape index (κ2) is 8.31. The molecule has 148 valence electrons. The van der Waals surface area contributed by atoms with Crippen LogP contribution in [0.1, 0.15) is 15.9 Å². The predicted molar refractivity (Wildman–Crippen MR) is 114 cm³/mol. The van der Waals surface area contributed by atoms with Gasteiger partial charge >= 0.3 is 0 Å². The number of amides is 1. The number of pyridine rings is 1. The number of aryl methyl sites for hydroxylation is 1. The summed E-state index contributed by atoms with van der Waals surface area (Å²) in [6.07, 6.45) is 3.34. The van der Waals surface area contributed by atoms with Crippen molar-refractivity contribution in [2.24, 2.45) is 0 Å². The molecule has 1 aliphatic rings. The van der Waals surface area contributed by atoms with Crippen LogP contribution in [0.2, 0.25) is 0 Å². The van der Waals surface area contributed by atoms with Crippen molar-refractivity contribution in [3.63, 3.8) is 0 Å². The van der Waals surface area contributed by atoms with E-state index in [9.17, 15) is 9.18 Å². The molecule has 0 spiro atoms. The molecule has 0 unspecified atom stereocenters. The summed E-state index contributed by atoms with van der Waals surface area (Å²) in [4.78, 5) is 21.1. The van der Waals surface area contributed by atoms with Crippen molar-refractivity contribution in [2.75, 3.05) is 41.3 Å². The van der Waals surface area contributed by atoms with Crippen LogP contribution in [0.3, 0.4) is 0 Å². The Bertz CT molecular complexity index is 1020. The number of halogens is 1. The molecular formula is C23H23FN4O. The Kier molecular flexibility index (Phi) is 5.42. The van der Waals surface area contributed by atoms with Crippen LogP contribution in [0.25, 0.3) is 0 Å². The van der Waals surface area contributed by atoms with Gasteiger partial charge in [-0.15, -0.1) is 0 Å². The second-order valence-electron chi connectivity index (χ2n) is 7.18. The molecule has 4 rings (SSSR count). The quantitative estimate of drug-likeness (QED) is 0.728. The normalized spacial score (nSPS) is 14.0. The molecule has 1 amide bonds. The molecule has 1 N–H and O–H groups in total. The van der Waals surface area contributed by atoms with Crippen LogP contribution < -0.4 is 15.1 Å². The number of benzene rings is 2. The summed E-state index contributed by atoms with van der Waals surface area (Å²) in [6.45, 7) is 4.87. The largest absolute Gasteiger partial charge is 0.367 e. The van der Waals surface area contributed by atoms with Gasteiger partial charge in [0.15, 0.2) is 0 Å². The molecule has 0 atom stereocenters. The molecule has 5 nitrogen and oxygen atoms in total. The maximum Gasteiger partial charge on any atom is 0.257 e. The third-order valence-electron chi connectivity index (χ3n) is 5.10. The molecule has 1 saturated heterocycles. The highest BCUT2D eigenvalue weighted by atomic mass is 19.1. The van der Waals surface area contributed by atoms with E-state index in [1.807, 2.05) is 54.3 Å². The van der Waals surface area contributed by atoms with Gasteiger partial charge in [-0.1, -0.05) is 24.3 Å². The average molecular weight is 390 g/mol.